The van der Waals surface area contributed by atoms with Crippen molar-refractivity contribution in [2.75, 3.05) is 13.6 Å². The minimum absolute atomic E-state index is 0.00149. The van der Waals surface area contributed by atoms with Crippen molar-refractivity contribution >= 4 is 12.0 Å². The number of carboxylic acid groups (broad SMARTS) is 1. The SMILES string of the molecule is Cc1cc(CCC[C@H]2CNC(=O)N2C)ccc1OC(C)(C)C(=O)O. The van der Waals surface area contributed by atoms with Gasteiger partial charge in [-0.1, -0.05) is 12.1 Å². The van der Waals surface area contributed by atoms with Gasteiger partial charge in [-0.25, -0.2) is 9.59 Å². The molecule has 2 N–H and O–H groups in total. The Hall–Kier alpha value is -2.24. The fourth-order valence-electron chi connectivity index (χ4n) is 2.77. The van der Waals surface area contributed by atoms with Gasteiger partial charge in [-0.05, 0) is 57.2 Å². The lowest BCUT2D eigenvalue weighted by molar-refractivity contribution is -0.152. The molecule has 1 atom stereocenters. The lowest BCUT2D eigenvalue weighted by atomic mass is 10.0. The van der Waals surface area contributed by atoms with Gasteiger partial charge in [0.15, 0.2) is 5.60 Å². The molecule has 1 aromatic carbocycles. The molecule has 0 bridgehead atoms. The highest BCUT2D eigenvalue weighted by molar-refractivity contribution is 5.77. The number of carboxylic acids is 1. The van der Waals surface area contributed by atoms with Gasteiger partial charge in [0.05, 0.1) is 6.04 Å². The Morgan fingerprint density at radius 1 is 1.46 bits per heavy atom. The van der Waals surface area contributed by atoms with Gasteiger partial charge in [0.2, 0.25) is 0 Å². The summed E-state index contributed by atoms with van der Waals surface area (Å²) in [4.78, 5) is 24.3. The molecule has 6 heteroatoms. The molecule has 1 aliphatic heterocycles. The number of rotatable bonds is 7. The molecule has 0 radical (unpaired) electrons. The summed E-state index contributed by atoms with van der Waals surface area (Å²) < 4.78 is 5.61. The van der Waals surface area contributed by atoms with E-state index < -0.39 is 11.6 Å². The number of urea groups is 1. The second-order valence-corrected chi connectivity index (χ2v) is 6.86. The number of aliphatic carboxylic acids is 1. The number of nitrogens with zero attached hydrogens (tertiary/aromatic N) is 1. The van der Waals surface area contributed by atoms with Crippen LogP contribution in [0.3, 0.4) is 0 Å². The summed E-state index contributed by atoms with van der Waals surface area (Å²) in [5.41, 5.74) is 0.864. The van der Waals surface area contributed by atoms with Crippen molar-refractivity contribution < 1.29 is 19.4 Å². The number of likely N-dealkylation sites (N-methyl/N-ethyl adjacent to an activating group) is 1. The molecule has 2 amide bonds. The van der Waals surface area contributed by atoms with Crippen molar-refractivity contribution in [3.05, 3.63) is 29.3 Å². The van der Waals surface area contributed by atoms with Crippen molar-refractivity contribution in [1.82, 2.24) is 10.2 Å². The molecule has 0 saturated carbocycles. The van der Waals surface area contributed by atoms with E-state index in [1.165, 1.54) is 19.4 Å². The highest BCUT2D eigenvalue weighted by atomic mass is 16.5. The van der Waals surface area contributed by atoms with Crippen LogP contribution in [0.15, 0.2) is 18.2 Å². The Bertz CT molecular complexity index is 627. The molecular formula is C18H26N2O4. The van der Waals surface area contributed by atoms with Crippen molar-refractivity contribution in [1.29, 1.82) is 0 Å². The van der Waals surface area contributed by atoms with Crippen LogP contribution in [0.1, 0.15) is 37.8 Å². The summed E-state index contributed by atoms with van der Waals surface area (Å²) >= 11 is 0. The number of nitrogens with one attached hydrogen (secondary N) is 1. The summed E-state index contributed by atoms with van der Waals surface area (Å²) in [5.74, 6) is -0.397. The van der Waals surface area contributed by atoms with E-state index >= 15 is 0 Å². The van der Waals surface area contributed by atoms with E-state index in [0.717, 1.165) is 24.8 Å². The van der Waals surface area contributed by atoms with Crippen LogP contribution >= 0.6 is 0 Å². The van der Waals surface area contributed by atoms with Crippen LogP contribution < -0.4 is 10.1 Å². The van der Waals surface area contributed by atoms with Crippen LogP contribution in [0, 0.1) is 6.92 Å². The minimum atomic E-state index is -1.25. The van der Waals surface area contributed by atoms with Gasteiger partial charge in [0.1, 0.15) is 5.75 Å². The largest absolute Gasteiger partial charge is 0.478 e. The van der Waals surface area contributed by atoms with Gasteiger partial charge in [0, 0.05) is 13.6 Å². The number of benzene rings is 1. The third-order valence-electron chi connectivity index (χ3n) is 4.48. The fourth-order valence-corrected chi connectivity index (χ4v) is 2.77. The molecule has 0 spiro atoms. The first-order valence-corrected chi connectivity index (χ1v) is 8.23. The maximum absolute atomic E-state index is 11.4. The van der Waals surface area contributed by atoms with Gasteiger partial charge in [-0.3, -0.25) is 0 Å². The van der Waals surface area contributed by atoms with Crippen molar-refractivity contribution in [3.63, 3.8) is 0 Å². The van der Waals surface area contributed by atoms with Crippen LogP contribution in [0.5, 0.6) is 5.75 Å². The molecule has 132 valence electrons. The van der Waals surface area contributed by atoms with Gasteiger partial charge >= 0.3 is 12.0 Å². The summed E-state index contributed by atoms with van der Waals surface area (Å²) in [7, 11) is 1.83. The summed E-state index contributed by atoms with van der Waals surface area (Å²) in [6.45, 7) is 5.71. The monoisotopic (exact) mass is 334 g/mol. The lowest BCUT2D eigenvalue weighted by Crippen LogP contribution is -2.38. The maximum atomic E-state index is 11.4. The molecule has 0 aliphatic carbocycles. The highest BCUT2D eigenvalue weighted by Gasteiger charge is 2.30. The van der Waals surface area contributed by atoms with Crippen LogP contribution in [0.25, 0.3) is 0 Å². The van der Waals surface area contributed by atoms with Crippen molar-refractivity contribution in [3.8, 4) is 5.75 Å². The van der Waals surface area contributed by atoms with Crippen LogP contribution in [-0.4, -0.2) is 47.2 Å². The maximum Gasteiger partial charge on any atom is 0.347 e. The fraction of sp³-hybridized carbons (Fsp3) is 0.556. The number of carbonyl (C=O) groups excluding carboxylic acids is 1. The van der Waals surface area contributed by atoms with Crippen molar-refractivity contribution in [2.45, 2.75) is 51.7 Å². The van der Waals surface area contributed by atoms with E-state index in [2.05, 4.69) is 5.32 Å². The molecule has 1 aliphatic rings. The second-order valence-electron chi connectivity index (χ2n) is 6.86. The molecular weight excluding hydrogens is 308 g/mol. The van der Waals surface area contributed by atoms with Crippen LogP contribution in [0.2, 0.25) is 0 Å². The molecule has 1 saturated heterocycles. The van der Waals surface area contributed by atoms with E-state index in [-0.39, 0.29) is 12.1 Å². The van der Waals surface area contributed by atoms with Gasteiger partial charge in [0.25, 0.3) is 0 Å². The topological polar surface area (TPSA) is 78.9 Å². The van der Waals surface area contributed by atoms with E-state index in [1.807, 2.05) is 32.2 Å². The third-order valence-corrected chi connectivity index (χ3v) is 4.48. The van der Waals surface area contributed by atoms with Crippen molar-refractivity contribution in [2.24, 2.45) is 0 Å². The zero-order valence-electron chi connectivity index (χ0n) is 14.8. The Kier molecular flexibility index (Phi) is 5.36. The molecule has 0 unspecified atom stereocenters. The average molecular weight is 334 g/mol. The highest BCUT2D eigenvalue weighted by Crippen LogP contribution is 2.25. The first-order valence-electron chi connectivity index (χ1n) is 8.23. The Morgan fingerprint density at radius 3 is 2.71 bits per heavy atom. The number of hydrogen-bond donors (Lipinski definition) is 2. The van der Waals surface area contributed by atoms with Gasteiger partial charge in [-0.2, -0.15) is 0 Å². The zero-order valence-corrected chi connectivity index (χ0v) is 14.8. The molecule has 24 heavy (non-hydrogen) atoms. The molecule has 2 rings (SSSR count). The predicted octanol–water partition coefficient (Wildman–Crippen LogP) is 2.58. The first-order chi connectivity index (χ1) is 11.2. The minimum Gasteiger partial charge on any atom is -0.478 e. The Morgan fingerprint density at radius 2 is 2.17 bits per heavy atom. The second kappa shape index (κ2) is 7.11. The van der Waals surface area contributed by atoms with E-state index in [0.29, 0.717) is 12.3 Å². The first kappa shape index (κ1) is 18.1. The Balaban J connectivity index is 1.90. The van der Waals surface area contributed by atoms with Gasteiger partial charge in [-0.15, -0.1) is 0 Å². The summed E-state index contributed by atoms with van der Waals surface area (Å²) in [5, 5.41) is 12.0. The summed E-state index contributed by atoms with van der Waals surface area (Å²) in [6, 6.07) is 6.11. The molecule has 6 nitrogen and oxygen atoms in total. The van der Waals surface area contributed by atoms with Crippen LogP contribution in [0.4, 0.5) is 4.79 Å². The molecule has 1 aromatic rings. The number of amides is 2. The van der Waals surface area contributed by atoms with Crippen LogP contribution in [-0.2, 0) is 11.2 Å². The molecule has 1 heterocycles. The standard InChI is InChI=1S/C18H26N2O4/c1-12-10-13(6-5-7-14-11-19-17(23)20(14)4)8-9-15(12)24-18(2,3)16(21)22/h8-10,14H,5-7,11H2,1-4H3,(H,19,23)(H,21,22)/t14-/m0/s1. The number of aryl methyl sites for hydroxylation is 2. The molecule has 1 fully saturated rings. The van der Waals surface area contributed by atoms with E-state index in [1.54, 1.807) is 4.90 Å². The normalized spacial score (nSPS) is 17.8. The number of hydrogen-bond acceptors (Lipinski definition) is 3. The predicted molar refractivity (Wildman–Crippen MR) is 91.4 cm³/mol. The average Bonchev–Trinajstić information content (AvgIpc) is 2.82. The number of ether oxygens (including phenoxy) is 1. The Labute approximate surface area is 142 Å². The third kappa shape index (κ3) is 4.19. The van der Waals surface area contributed by atoms with E-state index in [9.17, 15) is 9.59 Å². The lowest BCUT2D eigenvalue weighted by Gasteiger charge is -2.23. The molecule has 0 aromatic heterocycles. The number of carbonyl (C=O) groups is 2. The summed E-state index contributed by atoms with van der Waals surface area (Å²) in [6.07, 6.45) is 2.87. The van der Waals surface area contributed by atoms with Gasteiger partial charge < -0.3 is 20.1 Å². The zero-order chi connectivity index (χ0) is 17.9. The quantitative estimate of drug-likeness (QED) is 0.803. The smallest absolute Gasteiger partial charge is 0.347 e. The van der Waals surface area contributed by atoms with E-state index in [4.69, 9.17) is 9.84 Å².